The molecule has 6 nitrogen and oxygen atoms in total. The summed E-state index contributed by atoms with van der Waals surface area (Å²) >= 11 is 0. The summed E-state index contributed by atoms with van der Waals surface area (Å²) in [5.41, 5.74) is 1.90. The van der Waals surface area contributed by atoms with Crippen LogP contribution in [0.15, 0.2) is 53.4 Å². The van der Waals surface area contributed by atoms with Crippen molar-refractivity contribution in [1.29, 1.82) is 0 Å². The predicted molar refractivity (Wildman–Crippen MR) is 112 cm³/mol. The fourth-order valence-electron chi connectivity index (χ4n) is 3.67. The quantitative estimate of drug-likeness (QED) is 0.784. The maximum absolute atomic E-state index is 13.0. The number of para-hydroxylation sites is 1. The topological polar surface area (TPSA) is 75.7 Å². The van der Waals surface area contributed by atoms with Crippen LogP contribution >= 0.6 is 0 Å². The number of nitrogens with zero attached hydrogens (tertiary/aromatic N) is 1. The van der Waals surface area contributed by atoms with Gasteiger partial charge in [0, 0.05) is 18.7 Å². The van der Waals surface area contributed by atoms with Crippen molar-refractivity contribution in [2.45, 2.75) is 37.6 Å². The highest BCUT2D eigenvalue weighted by Crippen LogP contribution is 2.27. The lowest BCUT2D eigenvalue weighted by atomic mass is 9.97. The van der Waals surface area contributed by atoms with E-state index in [-0.39, 0.29) is 29.3 Å². The van der Waals surface area contributed by atoms with Gasteiger partial charge in [0.05, 0.1) is 24.0 Å². The zero-order valence-corrected chi connectivity index (χ0v) is 17.9. The van der Waals surface area contributed by atoms with Gasteiger partial charge in [-0.1, -0.05) is 35.9 Å². The molecule has 0 aromatic heterocycles. The van der Waals surface area contributed by atoms with E-state index in [1.807, 2.05) is 38.1 Å². The van der Waals surface area contributed by atoms with E-state index in [0.29, 0.717) is 25.1 Å². The monoisotopic (exact) mass is 416 g/mol. The Bertz CT molecular complexity index is 957. The number of carbonyl (C=O) groups is 1. The van der Waals surface area contributed by atoms with Crippen molar-refractivity contribution in [2.75, 3.05) is 20.2 Å². The van der Waals surface area contributed by atoms with Crippen LogP contribution in [0.2, 0.25) is 0 Å². The summed E-state index contributed by atoms with van der Waals surface area (Å²) in [7, 11) is -2.00. The molecule has 156 valence electrons. The van der Waals surface area contributed by atoms with Gasteiger partial charge in [-0.05, 0) is 44.9 Å². The van der Waals surface area contributed by atoms with Gasteiger partial charge in [0.2, 0.25) is 15.9 Å². The third-order valence-electron chi connectivity index (χ3n) is 5.38. The average molecular weight is 417 g/mol. The Morgan fingerprint density at radius 2 is 1.86 bits per heavy atom. The Hall–Kier alpha value is -2.38. The fraction of sp³-hybridized carbons (Fsp3) is 0.409. The molecule has 0 aliphatic carbocycles. The maximum Gasteiger partial charge on any atom is 0.243 e. The van der Waals surface area contributed by atoms with Crippen LogP contribution in [-0.2, 0) is 14.8 Å². The lowest BCUT2D eigenvalue weighted by Crippen LogP contribution is -2.45. The third-order valence-corrected chi connectivity index (χ3v) is 7.26. The van der Waals surface area contributed by atoms with Crippen LogP contribution in [0, 0.1) is 12.8 Å². The third kappa shape index (κ3) is 4.79. The van der Waals surface area contributed by atoms with E-state index in [2.05, 4.69) is 5.32 Å². The minimum absolute atomic E-state index is 0.132. The summed E-state index contributed by atoms with van der Waals surface area (Å²) < 4.78 is 32.7. The molecule has 2 atom stereocenters. The van der Waals surface area contributed by atoms with Crippen LogP contribution in [0.3, 0.4) is 0 Å². The molecular formula is C22H28N2O4S. The van der Waals surface area contributed by atoms with E-state index in [1.165, 1.54) is 4.31 Å². The molecule has 2 aromatic carbocycles. The van der Waals surface area contributed by atoms with Crippen LogP contribution in [0.1, 0.15) is 36.9 Å². The predicted octanol–water partition coefficient (Wildman–Crippen LogP) is 3.28. The van der Waals surface area contributed by atoms with Crippen molar-refractivity contribution in [3.05, 3.63) is 59.7 Å². The number of hydrogen-bond acceptors (Lipinski definition) is 4. The number of aryl methyl sites for hydroxylation is 1. The van der Waals surface area contributed by atoms with Crippen LogP contribution in [0.5, 0.6) is 5.75 Å². The summed E-state index contributed by atoms with van der Waals surface area (Å²) in [6, 6.07) is 14.1. The number of sulfonamides is 1. The van der Waals surface area contributed by atoms with E-state index in [1.54, 1.807) is 31.4 Å². The molecule has 1 amide bonds. The first-order chi connectivity index (χ1) is 13.8. The minimum Gasteiger partial charge on any atom is -0.496 e. The maximum atomic E-state index is 13.0. The lowest BCUT2D eigenvalue weighted by molar-refractivity contribution is -0.126. The number of piperidine rings is 1. The minimum atomic E-state index is -3.60. The number of carbonyl (C=O) groups excluding carboxylic acids is 1. The molecule has 1 aliphatic heterocycles. The molecule has 0 saturated carbocycles. The molecule has 7 heteroatoms. The Labute approximate surface area is 172 Å². The zero-order valence-electron chi connectivity index (χ0n) is 17.1. The second kappa shape index (κ2) is 8.97. The molecular weight excluding hydrogens is 388 g/mol. The summed E-state index contributed by atoms with van der Waals surface area (Å²) in [5.74, 6) is 0.209. The lowest BCUT2D eigenvalue weighted by Gasteiger charge is -2.32. The molecule has 1 saturated heterocycles. The Kier molecular flexibility index (Phi) is 6.59. The molecule has 0 radical (unpaired) electrons. The van der Waals surface area contributed by atoms with Gasteiger partial charge >= 0.3 is 0 Å². The molecule has 0 spiro atoms. The van der Waals surface area contributed by atoms with Gasteiger partial charge in [0.1, 0.15) is 5.75 Å². The molecule has 0 bridgehead atoms. The largest absolute Gasteiger partial charge is 0.496 e. The van der Waals surface area contributed by atoms with Crippen molar-refractivity contribution in [3.8, 4) is 5.75 Å². The number of amides is 1. The van der Waals surface area contributed by atoms with E-state index in [4.69, 9.17) is 4.74 Å². The molecule has 1 heterocycles. The van der Waals surface area contributed by atoms with E-state index >= 15 is 0 Å². The van der Waals surface area contributed by atoms with Crippen molar-refractivity contribution < 1.29 is 17.9 Å². The average Bonchev–Trinajstić information content (AvgIpc) is 2.74. The molecule has 0 unspecified atom stereocenters. The number of ether oxygens (including phenoxy) is 1. The summed E-state index contributed by atoms with van der Waals surface area (Å²) in [6.07, 6.45) is 1.33. The van der Waals surface area contributed by atoms with Crippen molar-refractivity contribution in [3.63, 3.8) is 0 Å². The number of methoxy groups -OCH3 is 1. The Morgan fingerprint density at radius 3 is 2.55 bits per heavy atom. The van der Waals surface area contributed by atoms with Crippen LogP contribution < -0.4 is 10.1 Å². The Morgan fingerprint density at radius 1 is 1.17 bits per heavy atom. The first-order valence-corrected chi connectivity index (χ1v) is 11.3. The molecule has 1 fully saturated rings. The standard InChI is InChI=1S/C22H28N2O4S/c1-16-10-12-19(13-11-16)29(26,27)24-14-6-7-18(15-24)22(25)23-17(2)20-8-4-5-9-21(20)28-3/h4-5,8-13,17-18H,6-7,14-15H2,1-3H3,(H,23,25)/t17-,18-/m1/s1. The molecule has 29 heavy (non-hydrogen) atoms. The van der Waals surface area contributed by atoms with Crippen LogP contribution in [0.4, 0.5) is 0 Å². The van der Waals surface area contributed by atoms with Crippen molar-refractivity contribution in [1.82, 2.24) is 9.62 Å². The molecule has 1 aliphatic rings. The van der Waals surface area contributed by atoms with Gasteiger partial charge in [-0.15, -0.1) is 0 Å². The highest BCUT2D eigenvalue weighted by atomic mass is 32.2. The number of benzene rings is 2. The van der Waals surface area contributed by atoms with Crippen molar-refractivity contribution >= 4 is 15.9 Å². The number of rotatable bonds is 6. The summed E-state index contributed by atoms with van der Waals surface area (Å²) in [5, 5.41) is 3.02. The zero-order chi connectivity index (χ0) is 21.0. The van der Waals surface area contributed by atoms with E-state index in [0.717, 1.165) is 11.1 Å². The second-order valence-corrected chi connectivity index (χ2v) is 9.43. The number of hydrogen-bond donors (Lipinski definition) is 1. The summed E-state index contributed by atoms with van der Waals surface area (Å²) in [6.45, 7) is 4.45. The second-order valence-electron chi connectivity index (χ2n) is 7.49. The molecule has 3 rings (SSSR count). The van der Waals surface area contributed by atoms with Crippen molar-refractivity contribution in [2.24, 2.45) is 5.92 Å². The first kappa shape index (κ1) is 21.3. The highest BCUT2D eigenvalue weighted by molar-refractivity contribution is 7.89. The highest BCUT2D eigenvalue weighted by Gasteiger charge is 2.33. The van der Waals surface area contributed by atoms with E-state index in [9.17, 15) is 13.2 Å². The van der Waals surface area contributed by atoms with Crippen LogP contribution in [0.25, 0.3) is 0 Å². The fourth-order valence-corrected chi connectivity index (χ4v) is 5.19. The number of nitrogens with one attached hydrogen (secondary N) is 1. The van der Waals surface area contributed by atoms with Gasteiger partial charge in [0.15, 0.2) is 0 Å². The van der Waals surface area contributed by atoms with Crippen LogP contribution in [-0.4, -0.2) is 38.8 Å². The molecule has 1 N–H and O–H groups in total. The van der Waals surface area contributed by atoms with Gasteiger partial charge in [0.25, 0.3) is 0 Å². The Balaban J connectivity index is 1.70. The van der Waals surface area contributed by atoms with Gasteiger partial charge in [-0.3, -0.25) is 4.79 Å². The smallest absolute Gasteiger partial charge is 0.243 e. The summed E-state index contributed by atoms with van der Waals surface area (Å²) in [4.78, 5) is 13.1. The first-order valence-electron chi connectivity index (χ1n) is 9.83. The normalized spacial score (nSPS) is 18.8. The SMILES string of the molecule is COc1ccccc1[C@@H](C)NC(=O)[C@@H]1CCCN(S(=O)(=O)c2ccc(C)cc2)C1. The van der Waals surface area contributed by atoms with Gasteiger partial charge in [-0.25, -0.2) is 8.42 Å². The van der Waals surface area contributed by atoms with E-state index < -0.39 is 10.0 Å². The molecule has 2 aromatic rings. The van der Waals surface area contributed by atoms with Gasteiger partial charge < -0.3 is 10.1 Å². The van der Waals surface area contributed by atoms with Gasteiger partial charge in [-0.2, -0.15) is 4.31 Å².